The van der Waals surface area contributed by atoms with Gasteiger partial charge in [0.05, 0.1) is 37.3 Å². The molecule has 0 radical (unpaired) electrons. The van der Waals surface area contributed by atoms with Crippen LogP contribution in [0.2, 0.25) is 0 Å². The zero-order valence-electron chi connectivity index (χ0n) is 28.6. The zero-order valence-corrected chi connectivity index (χ0v) is 28.6. The average molecular weight is 666 g/mol. The van der Waals surface area contributed by atoms with Crippen LogP contribution >= 0.6 is 0 Å². The highest BCUT2D eigenvalue weighted by atomic mass is 16.6. The van der Waals surface area contributed by atoms with Crippen LogP contribution in [-0.4, -0.2) is 102 Å². The summed E-state index contributed by atoms with van der Waals surface area (Å²) < 4.78 is 18.3. The van der Waals surface area contributed by atoms with E-state index in [4.69, 9.17) is 14.2 Å². The van der Waals surface area contributed by atoms with Gasteiger partial charge in [-0.1, -0.05) is 88.2 Å². The molecule has 2 fully saturated rings. The fraction of sp³-hybridized carbons (Fsp3) is 0.622. The third kappa shape index (κ3) is 7.09. The number of methoxy groups -OCH3 is 1. The summed E-state index contributed by atoms with van der Waals surface area (Å²) in [6, 6.07) is 6.72. The maximum absolute atomic E-state index is 14.8. The molecule has 0 aromatic heterocycles. The van der Waals surface area contributed by atoms with Crippen molar-refractivity contribution < 1.29 is 38.5 Å². The number of hydrogen-bond acceptors (Lipinski definition) is 8. The number of rotatable bonds is 11. The van der Waals surface area contributed by atoms with Gasteiger partial charge in [0.2, 0.25) is 17.7 Å². The van der Waals surface area contributed by atoms with Gasteiger partial charge in [-0.3, -0.25) is 19.2 Å². The van der Waals surface area contributed by atoms with Gasteiger partial charge in [0.15, 0.2) is 0 Å². The first-order valence-electron chi connectivity index (χ1n) is 17.4. The number of carbonyl (C=O) groups is 4. The lowest BCUT2D eigenvalue weighted by atomic mass is 9.74. The Hall–Kier alpha value is -3.54. The van der Waals surface area contributed by atoms with Crippen LogP contribution in [0.25, 0.3) is 0 Å². The molecule has 48 heavy (non-hydrogen) atoms. The number of nitrogens with one attached hydrogen (secondary N) is 1. The van der Waals surface area contributed by atoms with E-state index in [-0.39, 0.29) is 37.4 Å². The number of allylic oxidation sites excluding steroid dienone is 1. The predicted octanol–water partition coefficient (Wildman–Crippen LogP) is 3.33. The Labute approximate surface area is 283 Å². The molecular weight excluding hydrogens is 614 g/mol. The molecule has 11 heteroatoms. The lowest BCUT2D eigenvalue weighted by Gasteiger charge is -2.39. The van der Waals surface area contributed by atoms with Gasteiger partial charge in [0.1, 0.15) is 23.7 Å². The third-order valence-corrected chi connectivity index (χ3v) is 9.97. The molecule has 1 spiro atoms. The zero-order chi connectivity index (χ0) is 34.4. The molecule has 0 saturated carbocycles. The van der Waals surface area contributed by atoms with Crippen molar-refractivity contribution in [1.29, 1.82) is 0 Å². The number of aliphatic hydroxyl groups is 1. The van der Waals surface area contributed by atoms with Crippen molar-refractivity contribution in [3.8, 4) is 0 Å². The summed E-state index contributed by atoms with van der Waals surface area (Å²) in [7, 11) is 1.52. The molecule has 5 rings (SSSR count). The number of aliphatic hydroxyl groups excluding tert-OH is 1. The lowest BCUT2D eigenvalue weighted by Crippen LogP contribution is -2.58. The van der Waals surface area contributed by atoms with Crippen LogP contribution in [0.4, 0.5) is 0 Å². The van der Waals surface area contributed by atoms with Crippen LogP contribution in [0.3, 0.4) is 0 Å². The number of unbranched alkanes of at least 4 members (excludes halogenated alkanes) is 2. The van der Waals surface area contributed by atoms with E-state index in [1.165, 1.54) is 12.0 Å². The first-order valence-corrected chi connectivity index (χ1v) is 17.4. The number of carbonyl (C=O) groups excluding carboxylic acids is 4. The first kappa shape index (κ1) is 35.8. The van der Waals surface area contributed by atoms with Crippen LogP contribution in [0.1, 0.15) is 71.0 Å². The fourth-order valence-corrected chi connectivity index (χ4v) is 7.81. The maximum atomic E-state index is 14.8. The van der Waals surface area contributed by atoms with Crippen molar-refractivity contribution in [3.05, 3.63) is 60.2 Å². The largest absolute Gasteiger partial charge is 0.455 e. The van der Waals surface area contributed by atoms with Gasteiger partial charge in [0.25, 0.3) is 0 Å². The third-order valence-electron chi connectivity index (χ3n) is 9.97. The van der Waals surface area contributed by atoms with E-state index < -0.39 is 59.6 Å². The molecule has 2 N–H and O–H groups in total. The second-order valence-corrected chi connectivity index (χ2v) is 13.8. The molecule has 0 unspecified atom stereocenters. The summed E-state index contributed by atoms with van der Waals surface area (Å²) in [6.07, 6.45) is 9.42. The molecule has 8 atom stereocenters. The van der Waals surface area contributed by atoms with Crippen molar-refractivity contribution in [3.63, 3.8) is 0 Å². The Bertz CT molecular complexity index is 1370. The maximum Gasteiger partial charge on any atom is 0.313 e. The highest BCUT2D eigenvalue weighted by Crippen LogP contribution is 2.56. The normalized spacial score (nSPS) is 32.0. The van der Waals surface area contributed by atoms with Gasteiger partial charge in [-0.05, 0) is 30.7 Å². The smallest absolute Gasteiger partial charge is 0.313 e. The van der Waals surface area contributed by atoms with Crippen LogP contribution in [0.5, 0.6) is 0 Å². The molecule has 4 heterocycles. The van der Waals surface area contributed by atoms with E-state index >= 15 is 0 Å². The first-order chi connectivity index (χ1) is 23.2. The van der Waals surface area contributed by atoms with E-state index in [0.717, 1.165) is 19.3 Å². The summed E-state index contributed by atoms with van der Waals surface area (Å²) in [4.78, 5) is 60.2. The van der Waals surface area contributed by atoms with Gasteiger partial charge in [-0.2, -0.15) is 0 Å². The highest BCUT2D eigenvalue weighted by Gasteiger charge is 2.74. The predicted molar refractivity (Wildman–Crippen MR) is 178 cm³/mol. The standard InChI is InChI=1S/C37H51N3O8/c1-5-6-12-19-39-20-13-8-11-16-29(42)38-27(23-46-4)32(25-14-9-7-10-15-25)47-36(45)30-28-17-18-37(48-28)31(30)34(43)40(33(37)35(39)44)26(22-41)21-24(2)3/h7-10,13-15,17-18,24,26-28,30-33,41H,5-6,11-12,16,19-23H2,1-4H3,(H,38,42)/b13-8-/t26-,27-,28+,30-,31-,32-,33+,37-/m1/s1. The summed E-state index contributed by atoms with van der Waals surface area (Å²) in [6.45, 7) is 6.62. The van der Waals surface area contributed by atoms with E-state index in [1.54, 1.807) is 17.1 Å². The van der Waals surface area contributed by atoms with E-state index in [0.29, 0.717) is 31.5 Å². The van der Waals surface area contributed by atoms with Crippen LogP contribution in [0, 0.1) is 17.8 Å². The summed E-state index contributed by atoms with van der Waals surface area (Å²) in [5.74, 6) is -3.49. The fourth-order valence-electron chi connectivity index (χ4n) is 7.81. The van der Waals surface area contributed by atoms with Gasteiger partial charge in [-0.15, -0.1) is 0 Å². The number of nitrogens with zero attached hydrogens (tertiary/aromatic N) is 2. The molecule has 11 nitrogen and oxygen atoms in total. The molecule has 0 aliphatic carbocycles. The van der Waals surface area contributed by atoms with Crippen molar-refractivity contribution in [2.45, 2.75) is 95.2 Å². The Kier molecular flexibility index (Phi) is 11.8. The van der Waals surface area contributed by atoms with Crippen molar-refractivity contribution in [2.24, 2.45) is 17.8 Å². The quantitative estimate of drug-likeness (QED) is 0.209. The molecule has 3 amide bonds. The lowest BCUT2D eigenvalue weighted by molar-refractivity contribution is -0.163. The Morgan fingerprint density at radius 1 is 1.08 bits per heavy atom. The number of amides is 3. The topological polar surface area (TPSA) is 135 Å². The average Bonchev–Trinajstić information content (AvgIpc) is 3.72. The summed E-state index contributed by atoms with van der Waals surface area (Å²) in [5.41, 5.74) is -0.733. The van der Waals surface area contributed by atoms with Crippen LogP contribution in [-0.2, 0) is 33.4 Å². The SMILES string of the molecule is CCCCCN1C/C=C\CCC(=O)N[C@H](COC)[C@@H](c2ccccc2)OC(=O)[C@@H]2[C@@H]3C=C[C@]4(O3)[C@H](C1=O)N([C@@H](CO)CC(C)C)C(=O)[C@@H]24. The number of fused-ring (bicyclic) bond motifs is 2. The number of benzene rings is 1. The van der Waals surface area contributed by atoms with Gasteiger partial charge >= 0.3 is 5.97 Å². The van der Waals surface area contributed by atoms with Gasteiger partial charge in [-0.25, -0.2) is 0 Å². The number of cyclic esters (lactones) is 1. The number of esters is 1. The van der Waals surface area contributed by atoms with Crippen molar-refractivity contribution in [1.82, 2.24) is 15.1 Å². The van der Waals surface area contributed by atoms with E-state index in [1.807, 2.05) is 56.3 Å². The Morgan fingerprint density at radius 3 is 2.54 bits per heavy atom. The Morgan fingerprint density at radius 2 is 1.85 bits per heavy atom. The van der Waals surface area contributed by atoms with E-state index in [2.05, 4.69) is 12.2 Å². The van der Waals surface area contributed by atoms with Crippen LogP contribution in [0.15, 0.2) is 54.6 Å². The Balaban J connectivity index is 1.61. The summed E-state index contributed by atoms with van der Waals surface area (Å²) >= 11 is 0. The molecule has 1 aromatic carbocycles. The number of ether oxygens (including phenoxy) is 3. The number of hydrogen-bond donors (Lipinski definition) is 2. The van der Waals surface area contributed by atoms with Crippen LogP contribution < -0.4 is 5.32 Å². The molecule has 4 aliphatic rings. The molecule has 262 valence electrons. The second-order valence-electron chi connectivity index (χ2n) is 13.8. The number of likely N-dealkylation sites (tertiary alicyclic amines) is 1. The molecule has 2 saturated heterocycles. The molecule has 5 bridgehead atoms. The minimum Gasteiger partial charge on any atom is -0.455 e. The van der Waals surface area contributed by atoms with Gasteiger partial charge in [0, 0.05) is 26.6 Å². The highest BCUT2D eigenvalue weighted by molar-refractivity contribution is 5.99. The monoisotopic (exact) mass is 665 g/mol. The molecular formula is C37H51N3O8. The van der Waals surface area contributed by atoms with E-state index in [9.17, 15) is 24.3 Å². The van der Waals surface area contributed by atoms with Crippen molar-refractivity contribution in [2.75, 3.05) is 33.4 Å². The summed E-state index contributed by atoms with van der Waals surface area (Å²) in [5, 5.41) is 13.6. The van der Waals surface area contributed by atoms with Crippen molar-refractivity contribution >= 4 is 23.7 Å². The second kappa shape index (κ2) is 15.8. The molecule has 1 aromatic rings. The minimum absolute atomic E-state index is 0.0790. The molecule has 4 aliphatic heterocycles. The minimum atomic E-state index is -1.39. The van der Waals surface area contributed by atoms with Gasteiger partial charge < -0.3 is 34.4 Å².